The molecular formula is C18H30N2O5S. The minimum atomic E-state index is -3.44. The van der Waals surface area contributed by atoms with E-state index < -0.39 is 10.0 Å². The van der Waals surface area contributed by atoms with E-state index >= 15 is 0 Å². The summed E-state index contributed by atoms with van der Waals surface area (Å²) in [4.78, 5) is 12.1. The Morgan fingerprint density at radius 2 is 1.73 bits per heavy atom. The Balaban J connectivity index is 2.42. The first-order valence-corrected chi connectivity index (χ1v) is 10.3. The van der Waals surface area contributed by atoms with Crippen molar-refractivity contribution in [1.82, 2.24) is 9.62 Å². The SMILES string of the molecule is CCN(CC)S(=O)(=O)c1ccc(CCC(=O)NCCOCCOC)cc1. The predicted octanol–water partition coefficient (Wildman–Crippen LogP) is 1.43. The summed E-state index contributed by atoms with van der Waals surface area (Å²) in [5, 5.41) is 2.79. The number of rotatable bonds is 13. The molecule has 0 aliphatic rings. The van der Waals surface area contributed by atoms with Gasteiger partial charge in [-0.1, -0.05) is 26.0 Å². The molecular weight excluding hydrogens is 356 g/mol. The fourth-order valence-corrected chi connectivity index (χ4v) is 3.85. The molecule has 0 fully saturated rings. The number of hydrogen-bond acceptors (Lipinski definition) is 5. The summed E-state index contributed by atoms with van der Waals surface area (Å²) in [5.41, 5.74) is 0.926. The van der Waals surface area contributed by atoms with Gasteiger partial charge in [0.1, 0.15) is 0 Å². The van der Waals surface area contributed by atoms with Crippen LogP contribution >= 0.6 is 0 Å². The summed E-state index contributed by atoms with van der Waals surface area (Å²) in [6.45, 7) is 6.47. The highest BCUT2D eigenvalue weighted by molar-refractivity contribution is 7.89. The van der Waals surface area contributed by atoms with Crippen LogP contribution in [0.2, 0.25) is 0 Å². The summed E-state index contributed by atoms with van der Waals surface area (Å²) in [5.74, 6) is -0.0554. The number of methoxy groups -OCH3 is 1. The van der Waals surface area contributed by atoms with Crippen molar-refractivity contribution in [2.45, 2.75) is 31.6 Å². The summed E-state index contributed by atoms with van der Waals surface area (Å²) in [6.07, 6.45) is 0.905. The fourth-order valence-electron chi connectivity index (χ4n) is 2.39. The maximum absolute atomic E-state index is 12.4. The normalized spacial score (nSPS) is 11.7. The Morgan fingerprint density at radius 1 is 1.08 bits per heavy atom. The van der Waals surface area contributed by atoms with Gasteiger partial charge in [0.15, 0.2) is 0 Å². The number of aryl methyl sites for hydroxylation is 1. The second-order valence-corrected chi connectivity index (χ2v) is 7.63. The monoisotopic (exact) mass is 386 g/mol. The first kappa shape index (κ1) is 22.6. The van der Waals surface area contributed by atoms with Crippen molar-refractivity contribution in [1.29, 1.82) is 0 Å². The summed E-state index contributed by atoms with van der Waals surface area (Å²) in [6, 6.07) is 6.73. The molecule has 0 saturated heterocycles. The summed E-state index contributed by atoms with van der Waals surface area (Å²) < 4.78 is 36.4. The lowest BCUT2D eigenvalue weighted by molar-refractivity contribution is -0.121. The number of sulfonamides is 1. The van der Waals surface area contributed by atoms with E-state index in [9.17, 15) is 13.2 Å². The van der Waals surface area contributed by atoms with Gasteiger partial charge in [-0.2, -0.15) is 4.31 Å². The lowest BCUT2D eigenvalue weighted by atomic mass is 10.1. The topological polar surface area (TPSA) is 84.9 Å². The Bertz CT molecular complexity index is 627. The number of carbonyl (C=O) groups excluding carboxylic acids is 1. The van der Waals surface area contributed by atoms with Crippen LogP contribution in [0.15, 0.2) is 29.2 Å². The highest BCUT2D eigenvalue weighted by Gasteiger charge is 2.21. The van der Waals surface area contributed by atoms with E-state index in [4.69, 9.17) is 9.47 Å². The number of amides is 1. The van der Waals surface area contributed by atoms with Crippen molar-refractivity contribution >= 4 is 15.9 Å². The van der Waals surface area contributed by atoms with Crippen molar-refractivity contribution in [2.75, 3.05) is 46.6 Å². The minimum absolute atomic E-state index is 0.0554. The van der Waals surface area contributed by atoms with Gasteiger partial charge < -0.3 is 14.8 Å². The van der Waals surface area contributed by atoms with Gasteiger partial charge >= 0.3 is 0 Å². The van der Waals surface area contributed by atoms with Crippen molar-refractivity contribution in [3.05, 3.63) is 29.8 Å². The van der Waals surface area contributed by atoms with Crippen LogP contribution in [0.3, 0.4) is 0 Å². The molecule has 0 bridgehead atoms. The number of hydrogen-bond donors (Lipinski definition) is 1. The van der Waals surface area contributed by atoms with Crippen LogP contribution in [-0.2, 0) is 30.7 Å². The molecule has 0 atom stereocenters. The molecule has 1 amide bonds. The maximum atomic E-state index is 12.4. The fraction of sp³-hybridized carbons (Fsp3) is 0.611. The van der Waals surface area contributed by atoms with Crippen LogP contribution in [-0.4, -0.2) is 65.2 Å². The average molecular weight is 387 g/mol. The molecule has 148 valence electrons. The van der Waals surface area contributed by atoms with Crippen LogP contribution in [0.1, 0.15) is 25.8 Å². The summed E-state index contributed by atoms with van der Waals surface area (Å²) >= 11 is 0. The zero-order valence-corrected chi connectivity index (χ0v) is 16.7. The minimum Gasteiger partial charge on any atom is -0.382 e. The van der Waals surface area contributed by atoms with Crippen molar-refractivity contribution in [2.24, 2.45) is 0 Å². The molecule has 1 rings (SSSR count). The van der Waals surface area contributed by atoms with Gasteiger partial charge in [-0.15, -0.1) is 0 Å². The third-order valence-electron chi connectivity index (χ3n) is 3.91. The van der Waals surface area contributed by atoms with Gasteiger partial charge in [0, 0.05) is 33.2 Å². The Morgan fingerprint density at radius 3 is 2.31 bits per heavy atom. The molecule has 7 nitrogen and oxygen atoms in total. The van der Waals surface area contributed by atoms with Gasteiger partial charge in [0.05, 0.1) is 24.7 Å². The van der Waals surface area contributed by atoms with Gasteiger partial charge in [-0.3, -0.25) is 4.79 Å². The molecule has 1 aromatic rings. The second-order valence-electron chi connectivity index (χ2n) is 5.69. The molecule has 0 saturated carbocycles. The van der Waals surface area contributed by atoms with E-state index in [-0.39, 0.29) is 10.8 Å². The van der Waals surface area contributed by atoms with Crippen LogP contribution in [0.25, 0.3) is 0 Å². The van der Waals surface area contributed by atoms with Gasteiger partial charge in [-0.05, 0) is 24.1 Å². The van der Waals surface area contributed by atoms with Gasteiger partial charge in [0.25, 0.3) is 0 Å². The van der Waals surface area contributed by atoms with Crippen molar-refractivity contribution < 1.29 is 22.7 Å². The molecule has 0 spiro atoms. The molecule has 0 aromatic heterocycles. The first-order chi connectivity index (χ1) is 12.5. The van der Waals surface area contributed by atoms with Crippen LogP contribution in [0, 0.1) is 0 Å². The maximum Gasteiger partial charge on any atom is 0.243 e. The summed E-state index contributed by atoms with van der Waals surface area (Å²) in [7, 11) is -1.83. The zero-order chi connectivity index (χ0) is 19.4. The number of nitrogens with zero attached hydrogens (tertiary/aromatic N) is 1. The number of nitrogens with one attached hydrogen (secondary N) is 1. The van der Waals surface area contributed by atoms with Gasteiger partial charge in [0.2, 0.25) is 15.9 Å². The molecule has 0 unspecified atom stereocenters. The van der Waals surface area contributed by atoms with Crippen molar-refractivity contribution in [3.8, 4) is 0 Å². The lowest BCUT2D eigenvalue weighted by Gasteiger charge is -2.18. The van der Waals surface area contributed by atoms with E-state index in [1.165, 1.54) is 4.31 Å². The van der Waals surface area contributed by atoms with Crippen LogP contribution in [0.5, 0.6) is 0 Å². The molecule has 0 aliphatic heterocycles. The molecule has 1 N–H and O–H groups in total. The Labute approximate surface area is 156 Å². The third-order valence-corrected chi connectivity index (χ3v) is 5.97. The standard InChI is InChI=1S/C18H30N2O5S/c1-4-20(5-2)26(22,23)17-9-6-16(7-10-17)8-11-18(21)19-12-13-25-15-14-24-3/h6-7,9-10H,4-5,8,11-15H2,1-3H3,(H,19,21). The van der Waals surface area contributed by atoms with E-state index in [1.807, 2.05) is 13.8 Å². The zero-order valence-electron chi connectivity index (χ0n) is 15.9. The van der Waals surface area contributed by atoms with E-state index in [0.29, 0.717) is 52.3 Å². The molecule has 0 radical (unpaired) electrons. The Kier molecular flexibility index (Phi) is 10.4. The molecule has 0 heterocycles. The molecule has 26 heavy (non-hydrogen) atoms. The highest BCUT2D eigenvalue weighted by atomic mass is 32.2. The smallest absolute Gasteiger partial charge is 0.243 e. The van der Waals surface area contributed by atoms with Gasteiger partial charge in [-0.25, -0.2) is 8.42 Å². The molecule has 0 aliphatic carbocycles. The second kappa shape index (κ2) is 12.0. The predicted molar refractivity (Wildman–Crippen MR) is 101 cm³/mol. The quantitative estimate of drug-likeness (QED) is 0.519. The number of carbonyl (C=O) groups is 1. The van der Waals surface area contributed by atoms with Crippen LogP contribution < -0.4 is 5.32 Å². The third kappa shape index (κ3) is 7.41. The first-order valence-electron chi connectivity index (χ1n) is 8.88. The van der Waals surface area contributed by atoms with E-state index in [1.54, 1.807) is 31.4 Å². The molecule has 1 aromatic carbocycles. The van der Waals surface area contributed by atoms with E-state index in [0.717, 1.165) is 5.56 Å². The molecule has 8 heteroatoms. The number of ether oxygens (including phenoxy) is 2. The average Bonchev–Trinajstić information content (AvgIpc) is 2.64. The largest absolute Gasteiger partial charge is 0.382 e. The lowest BCUT2D eigenvalue weighted by Crippen LogP contribution is -2.30. The number of benzene rings is 1. The Hall–Kier alpha value is -1.48. The van der Waals surface area contributed by atoms with Crippen molar-refractivity contribution in [3.63, 3.8) is 0 Å². The highest BCUT2D eigenvalue weighted by Crippen LogP contribution is 2.16. The van der Waals surface area contributed by atoms with E-state index in [2.05, 4.69) is 5.32 Å². The van der Waals surface area contributed by atoms with Crippen LogP contribution in [0.4, 0.5) is 0 Å².